The van der Waals surface area contributed by atoms with E-state index in [1.165, 1.54) is 0 Å². The van der Waals surface area contributed by atoms with Crippen molar-refractivity contribution in [2.24, 2.45) is 5.73 Å². The summed E-state index contributed by atoms with van der Waals surface area (Å²) in [6.45, 7) is 5.89. The standard InChI is InChI=1S/C14H21NO2/c1-8-9(2)13(16)11(7-12(8)17-4)14(5-6-14)10(3)15/h7,10,16H,5-6,15H2,1-4H3. The molecule has 94 valence electrons. The van der Waals surface area contributed by atoms with Crippen LogP contribution in [0.4, 0.5) is 0 Å². The van der Waals surface area contributed by atoms with E-state index in [2.05, 4.69) is 0 Å². The van der Waals surface area contributed by atoms with Crippen LogP contribution >= 0.6 is 0 Å². The normalized spacial score (nSPS) is 18.9. The first-order valence-electron chi connectivity index (χ1n) is 6.07. The summed E-state index contributed by atoms with van der Waals surface area (Å²) < 4.78 is 5.37. The van der Waals surface area contributed by atoms with Gasteiger partial charge in [0, 0.05) is 17.0 Å². The Bertz CT molecular complexity index is 448. The number of aromatic hydroxyl groups is 1. The van der Waals surface area contributed by atoms with E-state index in [9.17, 15) is 5.11 Å². The van der Waals surface area contributed by atoms with Crippen molar-refractivity contribution in [3.63, 3.8) is 0 Å². The van der Waals surface area contributed by atoms with Crippen molar-refractivity contribution in [3.8, 4) is 11.5 Å². The lowest BCUT2D eigenvalue weighted by atomic mass is 9.86. The molecule has 1 aromatic rings. The fourth-order valence-electron chi connectivity index (χ4n) is 2.57. The number of benzene rings is 1. The van der Waals surface area contributed by atoms with E-state index in [1.807, 2.05) is 26.8 Å². The van der Waals surface area contributed by atoms with Gasteiger partial charge in [0.2, 0.25) is 0 Å². The summed E-state index contributed by atoms with van der Waals surface area (Å²) in [6.07, 6.45) is 2.09. The first kappa shape index (κ1) is 12.2. The number of phenolic OH excluding ortho intramolecular Hbond substituents is 1. The van der Waals surface area contributed by atoms with E-state index >= 15 is 0 Å². The molecule has 0 radical (unpaired) electrons. The minimum atomic E-state index is -0.0458. The van der Waals surface area contributed by atoms with Crippen LogP contribution in [0.1, 0.15) is 36.5 Å². The molecule has 17 heavy (non-hydrogen) atoms. The van der Waals surface area contributed by atoms with Crippen molar-refractivity contribution in [2.45, 2.75) is 45.1 Å². The Morgan fingerprint density at radius 1 is 1.35 bits per heavy atom. The second kappa shape index (κ2) is 3.91. The molecule has 2 rings (SSSR count). The van der Waals surface area contributed by atoms with Crippen molar-refractivity contribution in [3.05, 3.63) is 22.8 Å². The molecule has 3 nitrogen and oxygen atoms in total. The van der Waals surface area contributed by atoms with Crippen LogP contribution in [0.5, 0.6) is 11.5 Å². The zero-order valence-corrected chi connectivity index (χ0v) is 11.0. The molecule has 3 N–H and O–H groups in total. The molecule has 1 fully saturated rings. The predicted molar refractivity (Wildman–Crippen MR) is 68.7 cm³/mol. The highest BCUT2D eigenvalue weighted by atomic mass is 16.5. The Morgan fingerprint density at radius 3 is 2.35 bits per heavy atom. The van der Waals surface area contributed by atoms with Gasteiger partial charge in [-0.3, -0.25) is 0 Å². The molecular formula is C14H21NO2. The second-order valence-electron chi connectivity index (χ2n) is 5.17. The van der Waals surface area contributed by atoms with Gasteiger partial charge in [0.15, 0.2) is 0 Å². The van der Waals surface area contributed by atoms with Gasteiger partial charge in [-0.25, -0.2) is 0 Å². The van der Waals surface area contributed by atoms with Crippen molar-refractivity contribution in [1.29, 1.82) is 0 Å². The summed E-state index contributed by atoms with van der Waals surface area (Å²) >= 11 is 0. The molecule has 0 saturated heterocycles. The van der Waals surface area contributed by atoms with Gasteiger partial charge in [-0.1, -0.05) is 0 Å². The van der Waals surface area contributed by atoms with E-state index in [0.717, 1.165) is 35.3 Å². The quantitative estimate of drug-likeness (QED) is 0.845. The number of phenols is 1. The molecule has 1 atom stereocenters. The van der Waals surface area contributed by atoms with Crippen molar-refractivity contribution in [2.75, 3.05) is 7.11 Å². The highest BCUT2D eigenvalue weighted by molar-refractivity contribution is 5.56. The highest BCUT2D eigenvalue weighted by Crippen LogP contribution is 2.54. The molecule has 1 aliphatic carbocycles. The maximum absolute atomic E-state index is 10.3. The van der Waals surface area contributed by atoms with Crippen LogP contribution in [0.3, 0.4) is 0 Å². The molecule has 0 aromatic heterocycles. The molecule has 0 heterocycles. The van der Waals surface area contributed by atoms with Crippen LogP contribution in [0.25, 0.3) is 0 Å². The molecule has 3 heteroatoms. The van der Waals surface area contributed by atoms with Gasteiger partial charge < -0.3 is 15.6 Å². The summed E-state index contributed by atoms with van der Waals surface area (Å²) in [5.74, 6) is 1.22. The zero-order valence-electron chi connectivity index (χ0n) is 11.0. The Kier molecular flexibility index (Phi) is 2.82. The third-order valence-electron chi connectivity index (χ3n) is 4.23. The molecule has 1 aromatic carbocycles. The minimum Gasteiger partial charge on any atom is -0.507 e. The number of hydrogen-bond acceptors (Lipinski definition) is 3. The topological polar surface area (TPSA) is 55.5 Å². The summed E-state index contributed by atoms with van der Waals surface area (Å²) in [4.78, 5) is 0. The van der Waals surface area contributed by atoms with Crippen LogP contribution in [-0.2, 0) is 5.41 Å². The highest BCUT2D eigenvalue weighted by Gasteiger charge is 2.49. The lowest BCUT2D eigenvalue weighted by Crippen LogP contribution is -2.31. The van der Waals surface area contributed by atoms with E-state index in [4.69, 9.17) is 10.5 Å². The Labute approximate surface area is 103 Å². The Hall–Kier alpha value is -1.22. The first-order chi connectivity index (χ1) is 7.94. The number of rotatable bonds is 3. The van der Waals surface area contributed by atoms with Gasteiger partial charge in [0.25, 0.3) is 0 Å². The van der Waals surface area contributed by atoms with Crippen LogP contribution < -0.4 is 10.5 Å². The number of hydrogen-bond donors (Lipinski definition) is 2. The van der Waals surface area contributed by atoms with Gasteiger partial charge in [0.1, 0.15) is 11.5 Å². The van der Waals surface area contributed by atoms with Crippen molar-refractivity contribution >= 4 is 0 Å². The summed E-state index contributed by atoms with van der Waals surface area (Å²) in [6, 6.07) is 2.01. The fourth-order valence-corrected chi connectivity index (χ4v) is 2.57. The lowest BCUT2D eigenvalue weighted by Gasteiger charge is -2.24. The number of ether oxygens (including phenoxy) is 1. The predicted octanol–water partition coefficient (Wildman–Crippen LogP) is 2.40. The van der Waals surface area contributed by atoms with E-state index in [1.54, 1.807) is 7.11 Å². The lowest BCUT2D eigenvalue weighted by molar-refractivity contribution is 0.401. The van der Waals surface area contributed by atoms with Crippen LogP contribution in [-0.4, -0.2) is 18.3 Å². The molecule has 0 amide bonds. The molecule has 1 aliphatic rings. The molecule has 0 aliphatic heterocycles. The van der Waals surface area contributed by atoms with Crippen LogP contribution in [0, 0.1) is 13.8 Å². The summed E-state index contributed by atoms with van der Waals surface area (Å²) in [5, 5.41) is 10.3. The van der Waals surface area contributed by atoms with Gasteiger partial charge >= 0.3 is 0 Å². The number of methoxy groups -OCH3 is 1. The molecule has 0 bridgehead atoms. The fraction of sp³-hybridized carbons (Fsp3) is 0.571. The smallest absolute Gasteiger partial charge is 0.122 e. The van der Waals surface area contributed by atoms with Crippen molar-refractivity contribution in [1.82, 2.24) is 0 Å². The maximum Gasteiger partial charge on any atom is 0.122 e. The van der Waals surface area contributed by atoms with Crippen LogP contribution in [0.15, 0.2) is 6.07 Å². The van der Waals surface area contributed by atoms with E-state index in [0.29, 0.717) is 5.75 Å². The van der Waals surface area contributed by atoms with E-state index in [-0.39, 0.29) is 11.5 Å². The van der Waals surface area contributed by atoms with Crippen LogP contribution in [0.2, 0.25) is 0 Å². The van der Waals surface area contributed by atoms with E-state index < -0.39 is 0 Å². The molecule has 1 unspecified atom stereocenters. The molecular weight excluding hydrogens is 214 g/mol. The number of nitrogens with two attached hydrogens (primary N) is 1. The van der Waals surface area contributed by atoms with Crippen molar-refractivity contribution < 1.29 is 9.84 Å². The van der Waals surface area contributed by atoms with Gasteiger partial charge in [-0.15, -0.1) is 0 Å². The average Bonchev–Trinajstić information content (AvgIpc) is 3.08. The minimum absolute atomic E-state index is 0.0458. The third-order valence-corrected chi connectivity index (χ3v) is 4.23. The SMILES string of the molecule is COc1cc(C2(C(C)N)CC2)c(O)c(C)c1C. The maximum atomic E-state index is 10.3. The second-order valence-corrected chi connectivity index (χ2v) is 5.17. The first-order valence-corrected chi connectivity index (χ1v) is 6.07. The zero-order chi connectivity index (χ0) is 12.8. The largest absolute Gasteiger partial charge is 0.507 e. The monoisotopic (exact) mass is 235 g/mol. The summed E-state index contributed by atoms with van der Waals surface area (Å²) in [7, 11) is 1.66. The van der Waals surface area contributed by atoms with Gasteiger partial charge in [-0.05, 0) is 50.8 Å². The Balaban J connectivity index is 2.59. The molecule has 1 saturated carbocycles. The molecule has 0 spiro atoms. The third kappa shape index (κ3) is 1.69. The summed E-state index contributed by atoms with van der Waals surface area (Å²) in [5.41, 5.74) is 8.86. The van der Waals surface area contributed by atoms with Gasteiger partial charge in [-0.2, -0.15) is 0 Å². The Morgan fingerprint density at radius 2 is 1.94 bits per heavy atom. The average molecular weight is 235 g/mol. The van der Waals surface area contributed by atoms with Gasteiger partial charge in [0.05, 0.1) is 7.11 Å².